The van der Waals surface area contributed by atoms with Crippen molar-refractivity contribution in [3.8, 4) is 5.88 Å². The fourth-order valence-corrected chi connectivity index (χ4v) is 4.06. The molecule has 1 rings (SSSR count). The molecule has 0 bridgehead atoms. The van der Waals surface area contributed by atoms with E-state index in [1.54, 1.807) is 20.8 Å². The number of rotatable bonds is 8. The Morgan fingerprint density at radius 2 is 1.96 bits per heavy atom. The quantitative estimate of drug-likeness (QED) is 0.467. The second kappa shape index (κ2) is 9.70. The van der Waals surface area contributed by atoms with Crippen LogP contribution in [0.4, 0.5) is 4.79 Å². The zero-order chi connectivity index (χ0) is 20.8. The molecule has 1 aromatic heterocycles. The third kappa shape index (κ3) is 7.63. The molecule has 0 fully saturated rings. The van der Waals surface area contributed by atoms with Gasteiger partial charge in [0.2, 0.25) is 15.9 Å². The van der Waals surface area contributed by atoms with Gasteiger partial charge in [-0.05, 0) is 53.7 Å². The van der Waals surface area contributed by atoms with E-state index in [0.29, 0.717) is 0 Å². The number of ether oxygens (including phenoxy) is 2. The van der Waals surface area contributed by atoms with Gasteiger partial charge in [0.1, 0.15) is 11.5 Å². The van der Waals surface area contributed by atoms with E-state index in [-0.39, 0.29) is 30.0 Å². The first-order valence-electron chi connectivity index (χ1n) is 8.57. The summed E-state index contributed by atoms with van der Waals surface area (Å²) in [5.41, 5.74) is -0.485. The van der Waals surface area contributed by atoms with Crippen molar-refractivity contribution < 1.29 is 22.7 Å². The summed E-state index contributed by atoms with van der Waals surface area (Å²) in [7, 11) is -3.79. The number of sulfonamides is 1. The second-order valence-electron chi connectivity index (χ2n) is 7.15. The lowest BCUT2D eigenvalue weighted by Crippen LogP contribution is -2.48. The van der Waals surface area contributed by atoms with Crippen LogP contribution in [0.25, 0.3) is 0 Å². The fraction of sp³-hybridized carbons (Fsp3) is 0.647. The van der Waals surface area contributed by atoms with Crippen LogP contribution in [-0.4, -0.2) is 54.1 Å². The first-order chi connectivity index (χ1) is 12.3. The molecule has 1 aromatic rings. The summed E-state index contributed by atoms with van der Waals surface area (Å²) < 4.78 is 38.1. The van der Waals surface area contributed by atoms with Crippen LogP contribution in [0.15, 0.2) is 23.2 Å². The molecule has 10 heteroatoms. The number of pyridine rings is 1. The van der Waals surface area contributed by atoms with Crippen molar-refractivity contribution in [1.29, 1.82) is 0 Å². The zero-order valence-electron chi connectivity index (χ0n) is 16.5. The molecular weight excluding hydrogens is 438 g/mol. The van der Waals surface area contributed by atoms with Gasteiger partial charge < -0.3 is 9.47 Å². The molecule has 0 saturated heterocycles. The topological polar surface area (TPSA) is 97.8 Å². The summed E-state index contributed by atoms with van der Waals surface area (Å²) in [6.07, 6.45) is 0.748. The van der Waals surface area contributed by atoms with E-state index < -0.39 is 26.6 Å². The van der Waals surface area contributed by atoms with Crippen molar-refractivity contribution in [3.05, 3.63) is 18.3 Å². The maximum Gasteiger partial charge on any atom is 0.410 e. The van der Waals surface area contributed by atoms with Crippen LogP contribution < -0.4 is 9.46 Å². The van der Waals surface area contributed by atoms with Crippen molar-refractivity contribution in [2.24, 2.45) is 0 Å². The number of carbonyl (C=O) groups excluding carboxylic acids is 1. The van der Waals surface area contributed by atoms with E-state index in [2.05, 4.69) is 25.6 Å². The Morgan fingerprint density at radius 3 is 2.48 bits per heavy atom. The average Bonchev–Trinajstić information content (AvgIpc) is 2.48. The molecule has 1 heterocycles. The highest BCUT2D eigenvalue weighted by molar-refractivity contribution is 9.09. The van der Waals surface area contributed by atoms with E-state index in [1.807, 2.05) is 20.8 Å². The van der Waals surface area contributed by atoms with Crippen molar-refractivity contribution in [2.75, 3.05) is 13.2 Å². The molecule has 0 spiro atoms. The van der Waals surface area contributed by atoms with Gasteiger partial charge in [0, 0.05) is 11.7 Å². The van der Waals surface area contributed by atoms with Gasteiger partial charge in [-0.2, -0.15) is 4.72 Å². The minimum atomic E-state index is -3.79. The minimum absolute atomic E-state index is 0.0239. The minimum Gasteiger partial charge on any atom is -0.475 e. The highest BCUT2D eigenvalue weighted by Crippen LogP contribution is 2.22. The van der Waals surface area contributed by atoms with Gasteiger partial charge in [0.05, 0.1) is 17.6 Å². The average molecular weight is 466 g/mol. The van der Waals surface area contributed by atoms with Gasteiger partial charge in [0.25, 0.3) is 0 Å². The number of alkyl halides is 1. The van der Waals surface area contributed by atoms with Crippen LogP contribution in [0.2, 0.25) is 0 Å². The Bertz CT molecular complexity index is 732. The van der Waals surface area contributed by atoms with Crippen molar-refractivity contribution in [2.45, 2.75) is 63.0 Å². The number of halogens is 1. The standard InChI is InChI=1S/C17H28BrN3O5S/c1-12(2)26-16(22)21(17(4,5)6)10-11-25-15-14(8-7-9-19-15)27(23,24)20-13(3)18/h7-9,12-13,20H,10-11H2,1-6H3. The van der Waals surface area contributed by atoms with Gasteiger partial charge in [-0.25, -0.2) is 18.2 Å². The number of nitrogens with one attached hydrogen (secondary N) is 1. The van der Waals surface area contributed by atoms with Crippen LogP contribution in [0.1, 0.15) is 41.5 Å². The Labute approximate surface area is 169 Å². The predicted molar refractivity (Wildman–Crippen MR) is 107 cm³/mol. The largest absolute Gasteiger partial charge is 0.475 e. The molecule has 0 aliphatic heterocycles. The molecule has 0 aliphatic carbocycles. The zero-order valence-corrected chi connectivity index (χ0v) is 18.9. The first-order valence-corrected chi connectivity index (χ1v) is 11.0. The van der Waals surface area contributed by atoms with Gasteiger partial charge in [-0.1, -0.05) is 15.9 Å². The number of nitrogens with zero attached hydrogens (tertiary/aromatic N) is 2. The highest BCUT2D eigenvalue weighted by Gasteiger charge is 2.29. The van der Waals surface area contributed by atoms with Crippen LogP contribution in [0.3, 0.4) is 0 Å². The molecule has 1 N–H and O–H groups in total. The molecule has 0 aliphatic rings. The van der Waals surface area contributed by atoms with Crippen LogP contribution in [0.5, 0.6) is 5.88 Å². The smallest absolute Gasteiger partial charge is 0.410 e. The lowest BCUT2D eigenvalue weighted by Gasteiger charge is -2.35. The lowest BCUT2D eigenvalue weighted by molar-refractivity contribution is 0.0417. The molecule has 0 saturated carbocycles. The number of amides is 1. The molecule has 1 unspecified atom stereocenters. The molecule has 1 amide bonds. The fourth-order valence-electron chi connectivity index (χ4n) is 2.17. The number of carbonyl (C=O) groups is 1. The predicted octanol–water partition coefficient (Wildman–Crippen LogP) is 3.13. The highest BCUT2D eigenvalue weighted by atomic mass is 79.9. The van der Waals surface area contributed by atoms with E-state index >= 15 is 0 Å². The van der Waals surface area contributed by atoms with E-state index in [0.717, 1.165) is 0 Å². The molecule has 0 radical (unpaired) electrons. The van der Waals surface area contributed by atoms with Crippen LogP contribution >= 0.6 is 15.9 Å². The van der Waals surface area contributed by atoms with Crippen LogP contribution in [0, 0.1) is 0 Å². The maximum atomic E-state index is 12.4. The summed E-state index contributed by atoms with van der Waals surface area (Å²) in [5.74, 6) is -0.0239. The van der Waals surface area contributed by atoms with Crippen LogP contribution in [-0.2, 0) is 14.8 Å². The van der Waals surface area contributed by atoms with E-state index in [4.69, 9.17) is 9.47 Å². The number of hydrogen-bond donors (Lipinski definition) is 1. The summed E-state index contributed by atoms with van der Waals surface area (Å²) >= 11 is 3.15. The number of aromatic nitrogens is 1. The third-order valence-electron chi connectivity index (χ3n) is 3.26. The van der Waals surface area contributed by atoms with Crippen molar-refractivity contribution in [1.82, 2.24) is 14.6 Å². The summed E-state index contributed by atoms with van der Waals surface area (Å²) in [5, 5.41) is 0. The molecular formula is C17H28BrN3O5S. The van der Waals surface area contributed by atoms with E-state index in [9.17, 15) is 13.2 Å². The molecule has 1 atom stereocenters. The van der Waals surface area contributed by atoms with Crippen molar-refractivity contribution >= 4 is 32.0 Å². The third-order valence-corrected chi connectivity index (χ3v) is 5.35. The monoisotopic (exact) mass is 465 g/mol. The summed E-state index contributed by atoms with van der Waals surface area (Å²) in [4.78, 5) is 17.3. The molecule has 0 aromatic carbocycles. The van der Waals surface area contributed by atoms with Gasteiger partial charge in [-0.15, -0.1) is 0 Å². The first kappa shape index (κ1) is 23.6. The Balaban J connectivity index is 2.90. The Hall–Kier alpha value is -1.39. The Morgan fingerprint density at radius 1 is 1.33 bits per heavy atom. The Kier molecular flexibility index (Phi) is 8.49. The maximum absolute atomic E-state index is 12.4. The van der Waals surface area contributed by atoms with E-state index in [1.165, 1.54) is 23.2 Å². The van der Waals surface area contributed by atoms with Gasteiger partial charge in [0.15, 0.2) is 0 Å². The lowest BCUT2D eigenvalue weighted by atomic mass is 10.1. The second-order valence-corrected chi connectivity index (χ2v) is 10.2. The molecule has 154 valence electrons. The molecule has 8 nitrogen and oxygen atoms in total. The number of hydrogen-bond acceptors (Lipinski definition) is 6. The summed E-state index contributed by atoms with van der Waals surface area (Å²) in [6, 6.07) is 2.93. The van der Waals surface area contributed by atoms with Gasteiger partial charge in [-0.3, -0.25) is 4.90 Å². The normalized spacial score (nSPS) is 13.3. The van der Waals surface area contributed by atoms with Gasteiger partial charge >= 0.3 is 6.09 Å². The summed E-state index contributed by atoms with van der Waals surface area (Å²) in [6.45, 7) is 11.1. The molecule has 27 heavy (non-hydrogen) atoms. The SMILES string of the molecule is CC(Br)NS(=O)(=O)c1cccnc1OCCN(C(=O)OC(C)C)C(C)(C)C. The van der Waals surface area contributed by atoms with Crippen molar-refractivity contribution in [3.63, 3.8) is 0 Å².